The van der Waals surface area contributed by atoms with E-state index in [4.69, 9.17) is 4.74 Å². The van der Waals surface area contributed by atoms with Crippen molar-refractivity contribution in [3.05, 3.63) is 28.2 Å². The molecule has 0 bridgehead atoms. The van der Waals surface area contributed by atoms with Gasteiger partial charge in [-0.3, -0.25) is 0 Å². The molecule has 2 unspecified atom stereocenters. The van der Waals surface area contributed by atoms with Crippen LogP contribution in [0.15, 0.2) is 22.7 Å². The molecule has 1 fully saturated rings. The summed E-state index contributed by atoms with van der Waals surface area (Å²) in [7, 11) is 2.10. The number of anilines is 1. The van der Waals surface area contributed by atoms with Gasteiger partial charge in [0, 0.05) is 23.8 Å². The van der Waals surface area contributed by atoms with E-state index in [0.29, 0.717) is 6.04 Å². The zero-order valence-electron chi connectivity index (χ0n) is 11.1. The Labute approximate surface area is 117 Å². The van der Waals surface area contributed by atoms with Gasteiger partial charge in [0.25, 0.3) is 0 Å². The van der Waals surface area contributed by atoms with Crippen LogP contribution in [0, 0.1) is 0 Å². The molecule has 1 saturated heterocycles. The normalized spacial score (nSPS) is 25.2. The smallest absolute Gasteiger partial charge is 0.0772 e. The molecule has 0 aromatic heterocycles. The highest BCUT2D eigenvalue weighted by Crippen LogP contribution is 2.30. The third-order valence-corrected chi connectivity index (χ3v) is 4.36. The number of hydrogen-bond acceptors (Lipinski definition) is 3. The van der Waals surface area contributed by atoms with Gasteiger partial charge < -0.3 is 14.7 Å². The molecule has 0 aliphatic carbocycles. The van der Waals surface area contributed by atoms with E-state index >= 15 is 0 Å². The Kier molecular flexibility index (Phi) is 4.30. The Morgan fingerprint density at radius 3 is 2.72 bits per heavy atom. The minimum Gasteiger partial charge on any atom is -0.389 e. The first-order chi connectivity index (χ1) is 8.50. The standard InChI is InChI=1S/C14H20BrNO2/c1-9(17)12-5-4-11(8-13(12)15)16(3)14-6-7-18-10(14)2/h4-5,8-10,14,17H,6-7H2,1-3H3/t9-,10?,14?/m1/s1. The summed E-state index contributed by atoms with van der Waals surface area (Å²) in [6, 6.07) is 6.51. The first-order valence-electron chi connectivity index (χ1n) is 6.32. The van der Waals surface area contributed by atoms with Gasteiger partial charge in [0.05, 0.1) is 18.2 Å². The molecular weight excluding hydrogens is 294 g/mol. The molecule has 1 aromatic carbocycles. The van der Waals surface area contributed by atoms with Gasteiger partial charge in [0.2, 0.25) is 0 Å². The average Bonchev–Trinajstić information content (AvgIpc) is 2.74. The Balaban J connectivity index is 2.21. The van der Waals surface area contributed by atoms with Gasteiger partial charge in [-0.2, -0.15) is 0 Å². The molecule has 4 heteroatoms. The number of aliphatic hydroxyl groups is 1. The molecule has 0 saturated carbocycles. The summed E-state index contributed by atoms with van der Waals surface area (Å²) in [6.07, 6.45) is 0.880. The highest BCUT2D eigenvalue weighted by Gasteiger charge is 2.28. The Morgan fingerprint density at radius 1 is 1.50 bits per heavy atom. The lowest BCUT2D eigenvalue weighted by Crippen LogP contribution is -2.36. The number of nitrogens with zero attached hydrogens (tertiary/aromatic N) is 1. The molecule has 0 amide bonds. The fourth-order valence-corrected chi connectivity index (χ4v) is 3.19. The number of ether oxygens (including phenoxy) is 1. The second-order valence-corrected chi connectivity index (χ2v) is 5.78. The predicted octanol–water partition coefficient (Wildman–Crippen LogP) is 3.12. The van der Waals surface area contributed by atoms with E-state index in [0.717, 1.165) is 28.8 Å². The monoisotopic (exact) mass is 313 g/mol. The van der Waals surface area contributed by atoms with Crippen LogP contribution in [-0.2, 0) is 4.74 Å². The molecule has 1 aliphatic rings. The van der Waals surface area contributed by atoms with Crippen LogP contribution in [0.3, 0.4) is 0 Å². The van der Waals surface area contributed by atoms with Crippen LogP contribution in [0.5, 0.6) is 0 Å². The van der Waals surface area contributed by atoms with Gasteiger partial charge in [-0.15, -0.1) is 0 Å². The Bertz CT molecular complexity index is 422. The highest BCUT2D eigenvalue weighted by molar-refractivity contribution is 9.10. The summed E-state index contributed by atoms with van der Waals surface area (Å²) in [6.45, 7) is 4.73. The average molecular weight is 314 g/mol. The maximum atomic E-state index is 9.62. The molecular formula is C14H20BrNO2. The summed E-state index contributed by atoms with van der Waals surface area (Å²) < 4.78 is 6.56. The van der Waals surface area contributed by atoms with E-state index < -0.39 is 6.10 Å². The first-order valence-corrected chi connectivity index (χ1v) is 7.12. The maximum Gasteiger partial charge on any atom is 0.0772 e. The van der Waals surface area contributed by atoms with Crippen molar-refractivity contribution in [2.45, 2.75) is 38.5 Å². The Morgan fingerprint density at radius 2 is 2.22 bits per heavy atom. The van der Waals surface area contributed by atoms with Crippen molar-refractivity contribution in [3.63, 3.8) is 0 Å². The van der Waals surface area contributed by atoms with E-state index in [1.807, 2.05) is 6.07 Å². The molecule has 0 radical (unpaired) electrons. The van der Waals surface area contributed by atoms with Crippen molar-refractivity contribution in [3.8, 4) is 0 Å². The zero-order valence-corrected chi connectivity index (χ0v) is 12.6. The molecule has 1 N–H and O–H groups in total. The number of rotatable bonds is 3. The molecule has 3 nitrogen and oxygen atoms in total. The van der Waals surface area contributed by atoms with Crippen LogP contribution in [-0.4, -0.2) is 30.9 Å². The van der Waals surface area contributed by atoms with Crippen molar-refractivity contribution in [2.24, 2.45) is 0 Å². The third kappa shape index (κ3) is 2.71. The largest absolute Gasteiger partial charge is 0.389 e. The SMILES string of the molecule is CC1OCCC1N(C)c1ccc([C@@H](C)O)c(Br)c1. The molecule has 2 rings (SSSR count). The van der Waals surface area contributed by atoms with Gasteiger partial charge in [-0.05, 0) is 38.0 Å². The molecule has 1 aromatic rings. The van der Waals surface area contributed by atoms with E-state index in [1.165, 1.54) is 0 Å². The lowest BCUT2D eigenvalue weighted by atomic mass is 10.1. The number of hydrogen-bond donors (Lipinski definition) is 1. The molecule has 18 heavy (non-hydrogen) atoms. The fourth-order valence-electron chi connectivity index (χ4n) is 2.49. The van der Waals surface area contributed by atoms with Crippen LogP contribution in [0.2, 0.25) is 0 Å². The third-order valence-electron chi connectivity index (χ3n) is 3.68. The molecule has 1 heterocycles. The van der Waals surface area contributed by atoms with Gasteiger partial charge >= 0.3 is 0 Å². The van der Waals surface area contributed by atoms with Gasteiger partial charge in [-0.25, -0.2) is 0 Å². The van der Waals surface area contributed by atoms with Crippen molar-refractivity contribution in [2.75, 3.05) is 18.6 Å². The summed E-state index contributed by atoms with van der Waals surface area (Å²) in [4.78, 5) is 2.26. The van der Waals surface area contributed by atoms with Crippen LogP contribution < -0.4 is 4.90 Å². The fraction of sp³-hybridized carbons (Fsp3) is 0.571. The van der Waals surface area contributed by atoms with E-state index in [1.54, 1.807) is 6.92 Å². The number of aliphatic hydroxyl groups excluding tert-OH is 1. The van der Waals surface area contributed by atoms with Crippen molar-refractivity contribution in [1.29, 1.82) is 0 Å². The quantitative estimate of drug-likeness (QED) is 0.930. The maximum absolute atomic E-state index is 9.62. The summed E-state index contributed by atoms with van der Waals surface area (Å²) >= 11 is 3.52. The number of benzene rings is 1. The minimum atomic E-state index is -0.451. The summed E-state index contributed by atoms with van der Waals surface area (Å²) in [5, 5.41) is 9.62. The van der Waals surface area contributed by atoms with Gasteiger partial charge in [0.15, 0.2) is 0 Å². The van der Waals surface area contributed by atoms with E-state index in [-0.39, 0.29) is 6.10 Å². The summed E-state index contributed by atoms with van der Waals surface area (Å²) in [5.41, 5.74) is 2.07. The molecule has 1 aliphatic heterocycles. The minimum absolute atomic E-state index is 0.269. The van der Waals surface area contributed by atoms with Crippen LogP contribution in [0.25, 0.3) is 0 Å². The van der Waals surface area contributed by atoms with Crippen LogP contribution >= 0.6 is 15.9 Å². The number of likely N-dealkylation sites (N-methyl/N-ethyl adjacent to an activating group) is 1. The first kappa shape index (κ1) is 13.8. The van der Waals surface area contributed by atoms with Crippen molar-refractivity contribution < 1.29 is 9.84 Å². The second kappa shape index (κ2) is 5.59. The molecule has 0 spiro atoms. The highest BCUT2D eigenvalue weighted by atomic mass is 79.9. The lowest BCUT2D eigenvalue weighted by molar-refractivity contribution is 0.118. The van der Waals surface area contributed by atoms with Gasteiger partial charge in [0.1, 0.15) is 0 Å². The Hall–Kier alpha value is -0.580. The van der Waals surface area contributed by atoms with Crippen molar-refractivity contribution in [1.82, 2.24) is 0 Å². The van der Waals surface area contributed by atoms with Crippen LogP contribution in [0.1, 0.15) is 31.9 Å². The predicted molar refractivity (Wildman–Crippen MR) is 77.0 cm³/mol. The molecule has 3 atom stereocenters. The molecule has 100 valence electrons. The second-order valence-electron chi connectivity index (χ2n) is 4.92. The van der Waals surface area contributed by atoms with Crippen LogP contribution in [0.4, 0.5) is 5.69 Å². The van der Waals surface area contributed by atoms with E-state index in [9.17, 15) is 5.11 Å². The van der Waals surface area contributed by atoms with Crippen molar-refractivity contribution >= 4 is 21.6 Å². The topological polar surface area (TPSA) is 32.7 Å². The lowest BCUT2D eigenvalue weighted by Gasteiger charge is -2.29. The zero-order chi connectivity index (χ0) is 13.3. The summed E-state index contributed by atoms with van der Waals surface area (Å²) in [5.74, 6) is 0. The van der Waals surface area contributed by atoms with E-state index in [2.05, 4.69) is 46.9 Å². The van der Waals surface area contributed by atoms with Gasteiger partial charge in [-0.1, -0.05) is 22.0 Å². The number of halogens is 1.